The van der Waals surface area contributed by atoms with Gasteiger partial charge in [0.25, 0.3) is 0 Å². The molecule has 0 aromatic heterocycles. The van der Waals surface area contributed by atoms with Crippen molar-refractivity contribution in [2.45, 2.75) is 12.8 Å². The van der Waals surface area contributed by atoms with Crippen LogP contribution in [0.1, 0.15) is 12.8 Å². The van der Waals surface area contributed by atoms with Crippen LogP contribution in [0.15, 0.2) is 24.3 Å². The molecule has 0 spiro atoms. The molecule has 0 radical (unpaired) electrons. The third-order valence-electron chi connectivity index (χ3n) is 3.33. The van der Waals surface area contributed by atoms with Crippen molar-refractivity contribution < 1.29 is 4.79 Å². The molecule has 0 atom stereocenters. The number of amides is 2. The number of benzene rings is 1. The van der Waals surface area contributed by atoms with E-state index in [1.807, 2.05) is 29.2 Å². The number of nitrogens with one attached hydrogen (secondary N) is 1. The van der Waals surface area contributed by atoms with E-state index in [0.29, 0.717) is 5.92 Å². The van der Waals surface area contributed by atoms with Crippen LogP contribution >= 0.6 is 22.6 Å². The lowest BCUT2D eigenvalue weighted by molar-refractivity contribution is 0.184. The van der Waals surface area contributed by atoms with Gasteiger partial charge in [-0.2, -0.15) is 0 Å². The molecule has 1 saturated heterocycles. The van der Waals surface area contributed by atoms with E-state index in [-0.39, 0.29) is 6.03 Å². The molecule has 0 aliphatic carbocycles. The number of hydrogen-bond donors (Lipinski definition) is 2. The number of nitrogens with zero attached hydrogens (tertiary/aromatic N) is 1. The largest absolute Gasteiger partial charge is 0.330 e. The second kappa shape index (κ2) is 6.38. The molecule has 0 saturated carbocycles. The molecule has 2 rings (SSSR count). The van der Waals surface area contributed by atoms with Gasteiger partial charge in [0.2, 0.25) is 0 Å². The summed E-state index contributed by atoms with van der Waals surface area (Å²) in [5, 5.41) is 2.92. The summed E-state index contributed by atoms with van der Waals surface area (Å²) in [4.78, 5) is 13.9. The third-order valence-corrected chi connectivity index (χ3v) is 4.05. The van der Waals surface area contributed by atoms with E-state index in [0.717, 1.165) is 41.7 Å². The Hall–Kier alpha value is -0.820. The first kappa shape index (κ1) is 13.6. The van der Waals surface area contributed by atoms with Crippen LogP contribution in [0.4, 0.5) is 10.5 Å². The molecular formula is C13H18IN3O. The Bertz CT molecular complexity index is 399. The van der Waals surface area contributed by atoms with Gasteiger partial charge < -0.3 is 16.0 Å². The fourth-order valence-corrected chi connectivity index (χ4v) is 2.47. The van der Waals surface area contributed by atoms with E-state index >= 15 is 0 Å². The summed E-state index contributed by atoms with van der Waals surface area (Å²) >= 11 is 2.24. The van der Waals surface area contributed by atoms with Crippen molar-refractivity contribution in [2.75, 3.05) is 25.0 Å². The van der Waals surface area contributed by atoms with Gasteiger partial charge in [0, 0.05) is 22.3 Å². The topological polar surface area (TPSA) is 58.4 Å². The molecule has 1 heterocycles. The molecular weight excluding hydrogens is 341 g/mol. The molecule has 1 aromatic carbocycles. The number of anilines is 1. The number of likely N-dealkylation sites (tertiary alicyclic amines) is 1. The predicted octanol–water partition coefficient (Wildman–Crippen LogP) is 2.49. The zero-order valence-corrected chi connectivity index (χ0v) is 12.4. The Labute approximate surface area is 121 Å². The maximum absolute atomic E-state index is 12.0. The highest BCUT2D eigenvalue weighted by molar-refractivity contribution is 14.1. The van der Waals surface area contributed by atoms with Gasteiger partial charge >= 0.3 is 6.03 Å². The van der Waals surface area contributed by atoms with Crippen LogP contribution < -0.4 is 11.1 Å². The van der Waals surface area contributed by atoms with E-state index in [1.54, 1.807) is 0 Å². The van der Waals surface area contributed by atoms with Crippen molar-refractivity contribution in [1.82, 2.24) is 4.90 Å². The lowest BCUT2D eigenvalue weighted by Gasteiger charge is -2.31. The van der Waals surface area contributed by atoms with Crippen LogP contribution in [0.2, 0.25) is 0 Å². The van der Waals surface area contributed by atoms with Crippen molar-refractivity contribution in [3.8, 4) is 0 Å². The number of rotatable bonds is 2. The number of nitrogens with two attached hydrogens (primary N) is 1. The Morgan fingerprint density at radius 3 is 2.50 bits per heavy atom. The average molecular weight is 359 g/mol. The van der Waals surface area contributed by atoms with Crippen molar-refractivity contribution in [3.05, 3.63) is 27.8 Å². The highest BCUT2D eigenvalue weighted by atomic mass is 127. The van der Waals surface area contributed by atoms with Crippen molar-refractivity contribution >= 4 is 34.3 Å². The smallest absolute Gasteiger partial charge is 0.321 e. The maximum Gasteiger partial charge on any atom is 0.321 e. The maximum atomic E-state index is 12.0. The summed E-state index contributed by atoms with van der Waals surface area (Å²) in [5.41, 5.74) is 6.49. The summed E-state index contributed by atoms with van der Waals surface area (Å²) in [7, 11) is 0. The Morgan fingerprint density at radius 1 is 1.33 bits per heavy atom. The molecule has 3 N–H and O–H groups in total. The molecule has 1 fully saturated rings. The molecule has 2 amide bonds. The fourth-order valence-electron chi connectivity index (χ4n) is 2.11. The Kier molecular flexibility index (Phi) is 4.82. The van der Waals surface area contributed by atoms with E-state index in [2.05, 4.69) is 27.9 Å². The van der Waals surface area contributed by atoms with Crippen LogP contribution in [-0.4, -0.2) is 30.6 Å². The molecule has 1 aromatic rings. The minimum atomic E-state index is -0.00770. The summed E-state index contributed by atoms with van der Waals surface area (Å²) in [6.07, 6.45) is 2.02. The number of carbonyl (C=O) groups is 1. The highest BCUT2D eigenvalue weighted by Crippen LogP contribution is 2.17. The van der Waals surface area contributed by atoms with Crippen LogP contribution in [0.5, 0.6) is 0 Å². The number of carbonyl (C=O) groups excluding carboxylic acids is 1. The van der Waals surface area contributed by atoms with E-state index < -0.39 is 0 Å². The van der Waals surface area contributed by atoms with Crippen LogP contribution in [-0.2, 0) is 0 Å². The lowest BCUT2D eigenvalue weighted by atomic mass is 9.97. The Morgan fingerprint density at radius 2 is 1.94 bits per heavy atom. The zero-order valence-electron chi connectivity index (χ0n) is 10.2. The predicted molar refractivity (Wildman–Crippen MR) is 81.5 cm³/mol. The normalized spacial score (nSPS) is 16.7. The second-order valence-corrected chi connectivity index (χ2v) is 5.85. The monoisotopic (exact) mass is 359 g/mol. The molecule has 0 bridgehead atoms. The standard InChI is InChI=1S/C13H18IN3O/c14-11-1-3-12(4-2-11)16-13(18)17-7-5-10(9-15)6-8-17/h1-4,10H,5-9,15H2,(H,16,18). The van der Waals surface area contributed by atoms with Gasteiger partial charge in [-0.3, -0.25) is 0 Å². The minimum absolute atomic E-state index is 0.00770. The van der Waals surface area contributed by atoms with Gasteiger partial charge in [-0.25, -0.2) is 4.79 Å². The zero-order chi connectivity index (χ0) is 13.0. The fraction of sp³-hybridized carbons (Fsp3) is 0.462. The summed E-state index contributed by atoms with van der Waals surface area (Å²) in [6, 6.07) is 7.80. The molecule has 4 nitrogen and oxygen atoms in total. The van der Waals surface area contributed by atoms with E-state index in [1.165, 1.54) is 0 Å². The quantitative estimate of drug-likeness (QED) is 0.798. The van der Waals surface area contributed by atoms with Crippen molar-refractivity contribution in [1.29, 1.82) is 0 Å². The van der Waals surface area contributed by atoms with E-state index in [9.17, 15) is 4.79 Å². The van der Waals surface area contributed by atoms with Crippen LogP contribution in [0, 0.1) is 9.49 Å². The first-order valence-corrected chi connectivity index (χ1v) is 7.28. The average Bonchev–Trinajstić information content (AvgIpc) is 2.41. The van der Waals surface area contributed by atoms with Crippen molar-refractivity contribution in [3.63, 3.8) is 0 Å². The molecule has 5 heteroatoms. The van der Waals surface area contributed by atoms with Gasteiger partial charge in [-0.05, 0) is 72.2 Å². The molecule has 1 aliphatic rings. The summed E-state index contributed by atoms with van der Waals surface area (Å²) < 4.78 is 1.16. The molecule has 98 valence electrons. The molecule has 1 aliphatic heterocycles. The van der Waals surface area contributed by atoms with Gasteiger partial charge in [-0.1, -0.05) is 0 Å². The second-order valence-electron chi connectivity index (χ2n) is 4.60. The number of hydrogen-bond acceptors (Lipinski definition) is 2. The lowest BCUT2D eigenvalue weighted by Crippen LogP contribution is -2.42. The molecule has 18 heavy (non-hydrogen) atoms. The SMILES string of the molecule is NCC1CCN(C(=O)Nc2ccc(I)cc2)CC1. The van der Waals surface area contributed by atoms with Gasteiger partial charge in [0.15, 0.2) is 0 Å². The van der Waals surface area contributed by atoms with Gasteiger partial charge in [0.1, 0.15) is 0 Å². The van der Waals surface area contributed by atoms with Crippen LogP contribution in [0.25, 0.3) is 0 Å². The van der Waals surface area contributed by atoms with E-state index in [4.69, 9.17) is 5.73 Å². The molecule has 0 unspecified atom stereocenters. The Balaban J connectivity index is 1.87. The summed E-state index contributed by atoms with van der Waals surface area (Å²) in [6.45, 7) is 2.34. The van der Waals surface area contributed by atoms with Gasteiger partial charge in [0.05, 0.1) is 0 Å². The first-order valence-electron chi connectivity index (χ1n) is 6.20. The summed E-state index contributed by atoms with van der Waals surface area (Å²) in [5.74, 6) is 0.576. The number of piperidine rings is 1. The number of urea groups is 1. The van der Waals surface area contributed by atoms with Crippen molar-refractivity contribution in [2.24, 2.45) is 11.7 Å². The highest BCUT2D eigenvalue weighted by Gasteiger charge is 2.21. The number of halogens is 1. The third kappa shape index (κ3) is 3.58. The van der Waals surface area contributed by atoms with Crippen LogP contribution in [0.3, 0.4) is 0 Å². The first-order chi connectivity index (χ1) is 8.69. The van der Waals surface area contributed by atoms with Gasteiger partial charge in [-0.15, -0.1) is 0 Å². The minimum Gasteiger partial charge on any atom is -0.330 e.